The van der Waals surface area contributed by atoms with Crippen molar-refractivity contribution in [1.29, 1.82) is 0 Å². The number of halogens is 2. The first kappa shape index (κ1) is 19.1. The first-order valence-corrected chi connectivity index (χ1v) is 8.53. The smallest absolute Gasteiger partial charge is 0.334 e. The van der Waals surface area contributed by atoms with E-state index in [4.69, 9.17) is 4.74 Å². The average molecular weight is 346 g/mol. The fourth-order valence-electron chi connectivity index (χ4n) is 2.75. The van der Waals surface area contributed by atoms with Crippen molar-refractivity contribution in [3.8, 4) is 0 Å². The number of hydrogen-bond donors (Lipinski definition) is 0. The first-order valence-electron chi connectivity index (χ1n) is 8.53. The molecule has 0 fully saturated rings. The summed E-state index contributed by atoms with van der Waals surface area (Å²) in [4.78, 5) is 11.9. The topological polar surface area (TPSA) is 26.3 Å². The maximum Gasteiger partial charge on any atom is 0.334 e. The standard InChI is InChI=1S/C21H24F2O2/c1-14(2)7-4-8-15(3)9-5-10-16-13-19(25-21(16)24)20-17(22)11-6-12-18(20)23/h6-7,9,11-13,19H,4-5,8,10H2,1-3H3/b15-9+/t19-/m1/s1. The Morgan fingerprint density at radius 3 is 2.44 bits per heavy atom. The van der Waals surface area contributed by atoms with E-state index in [1.807, 2.05) is 0 Å². The zero-order chi connectivity index (χ0) is 18.4. The van der Waals surface area contributed by atoms with Crippen molar-refractivity contribution in [2.24, 2.45) is 0 Å². The molecule has 1 aromatic rings. The maximum atomic E-state index is 13.8. The number of esters is 1. The molecule has 0 aliphatic carbocycles. The zero-order valence-electron chi connectivity index (χ0n) is 14.9. The van der Waals surface area contributed by atoms with Gasteiger partial charge in [0.25, 0.3) is 0 Å². The van der Waals surface area contributed by atoms with Crippen LogP contribution in [-0.4, -0.2) is 5.97 Å². The Kier molecular flexibility index (Phi) is 6.68. The summed E-state index contributed by atoms with van der Waals surface area (Å²) >= 11 is 0. The Balaban J connectivity index is 1.96. The molecule has 0 N–H and O–H groups in total. The van der Waals surface area contributed by atoms with Gasteiger partial charge >= 0.3 is 5.97 Å². The number of carbonyl (C=O) groups is 1. The highest BCUT2D eigenvalue weighted by atomic mass is 19.1. The lowest BCUT2D eigenvalue weighted by Crippen LogP contribution is -2.06. The molecular weight excluding hydrogens is 322 g/mol. The molecule has 2 rings (SSSR count). The molecule has 1 heterocycles. The quantitative estimate of drug-likeness (QED) is 0.449. The Bertz CT molecular complexity index is 705. The third-order valence-corrected chi connectivity index (χ3v) is 4.13. The van der Waals surface area contributed by atoms with Gasteiger partial charge in [-0.2, -0.15) is 0 Å². The predicted octanol–water partition coefficient (Wildman–Crippen LogP) is 5.96. The molecule has 0 radical (unpaired) electrons. The molecule has 0 saturated heterocycles. The Morgan fingerprint density at radius 1 is 1.12 bits per heavy atom. The van der Waals surface area contributed by atoms with Crippen molar-refractivity contribution < 1.29 is 18.3 Å². The monoisotopic (exact) mass is 346 g/mol. The van der Waals surface area contributed by atoms with Gasteiger partial charge in [0.2, 0.25) is 0 Å². The van der Waals surface area contributed by atoms with Crippen LogP contribution >= 0.6 is 0 Å². The number of ether oxygens (including phenoxy) is 1. The van der Waals surface area contributed by atoms with Crippen molar-refractivity contribution in [3.05, 3.63) is 70.3 Å². The van der Waals surface area contributed by atoms with E-state index in [9.17, 15) is 13.6 Å². The van der Waals surface area contributed by atoms with E-state index in [1.54, 1.807) is 0 Å². The normalized spacial score (nSPS) is 17.3. The van der Waals surface area contributed by atoms with Crippen LogP contribution in [0, 0.1) is 11.6 Å². The van der Waals surface area contributed by atoms with E-state index in [2.05, 4.69) is 32.9 Å². The lowest BCUT2D eigenvalue weighted by Gasteiger charge is -2.10. The summed E-state index contributed by atoms with van der Waals surface area (Å²) in [7, 11) is 0. The van der Waals surface area contributed by atoms with Crippen molar-refractivity contribution >= 4 is 5.97 Å². The van der Waals surface area contributed by atoms with Crippen LogP contribution in [0.3, 0.4) is 0 Å². The van der Waals surface area contributed by atoms with Gasteiger partial charge < -0.3 is 4.74 Å². The van der Waals surface area contributed by atoms with Crippen molar-refractivity contribution in [2.75, 3.05) is 0 Å². The molecule has 134 valence electrons. The second kappa shape index (κ2) is 8.75. The lowest BCUT2D eigenvalue weighted by molar-refractivity contribution is -0.140. The predicted molar refractivity (Wildman–Crippen MR) is 94.9 cm³/mol. The largest absolute Gasteiger partial charge is 0.450 e. The van der Waals surface area contributed by atoms with E-state index < -0.39 is 23.7 Å². The molecule has 1 atom stereocenters. The molecule has 0 saturated carbocycles. The minimum absolute atomic E-state index is 0.209. The van der Waals surface area contributed by atoms with Crippen LogP contribution in [0.5, 0.6) is 0 Å². The first-order chi connectivity index (χ1) is 11.9. The van der Waals surface area contributed by atoms with E-state index in [-0.39, 0.29) is 5.56 Å². The number of allylic oxidation sites excluding steroid dienone is 4. The summed E-state index contributed by atoms with van der Waals surface area (Å²) in [6.45, 7) is 6.22. The maximum absolute atomic E-state index is 13.8. The third kappa shape index (κ3) is 5.38. The van der Waals surface area contributed by atoms with Gasteiger partial charge in [0.15, 0.2) is 6.10 Å². The number of benzene rings is 1. The minimum atomic E-state index is -0.980. The van der Waals surface area contributed by atoms with E-state index in [0.717, 1.165) is 25.0 Å². The number of carbonyl (C=O) groups excluding carboxylic acids is 1. The van der Waals surface area contributed by atoms with E-state index in [0.29, 0.717) is 18.4 Å². The summed E-state index contributed by atoms with van der Waals surface area (Å²) in [6, 6.07) is 3.62. The molecule has 25 heavy (non-hydrogen) atoms. The minimum Gasteiger partial charge on any atom is -0.450 e. The third-order valence-electron chi connectivity index (χ3n) is 4.13. The van der Waals surface area contributed by atoms with Crippen molar-refractivity contribution in [3.63, 3.8) is 0 Å². The van der Waals surface area contributed by atoms with Crippen molar-refractivity contribution in [2.45, 2.75) is 52.6 Å². The molecule has 0 bridgehead atoms. The highest BCUT2D eigenvalue weighted by Gasteiger charge is 2.30. The molecule has 0 spiro atoms. The van der Waals surface area contributed by atoms with Crippen LogP contribution in [0.1, 0.15) is 58.1 Å². The summed E-state index contributed by atoms with van der Waals surface area (Å²) in [5.74, 6) is -1.90. The molecule has 2 nitrogen and oxygen atoms in total. The molecule has 0 unspecified atom stereocenters. The van der Waals surface area contributed by atoms with Gasteiger partial charge in [-0.15, -0.1) is 0 Å². The highest BCUT2D eigenvalue weighted by molar-refractivity contribution is 5.91. The van der Waals surface area contributed by atoms with Crippen LogP contribution < -0.4 is 0 Å². The van der Waals surface area contributed by atoms with Gasteiger partial charge in [0.05, 0.1) is 5.56 Å². The second-order valence-corrected chi connectivity index (χ2v) is 6.56. The van der Waals surface area contributed by atoms with Crippen LogP contribution in [-0.2, 0) is 9.53 Å². The molecular formula is C21H24F2O2. The zero-order valence-corrected chi connectivity index (χ0v) is 14.9. The van der Waals surface area contributed by atoms with E-state index >= 15 is 0 Å². The summed E-state index contributed by atoms with van der Waals surface area (Å²) < 4.78 is 32.8. The number of hydrogen-bond acceptors (Lipinski definition) is 2. The Labute approximate surface area is 147 Å². The SMILES string of the molecule is CC(C)=CCC/C(C)=C/CCC1=C[C@H](c2c(F)cccc2F)OC1=O. The summed E-state index contributed by atoms with van der Waals surface area (Å²) in [5, 5.41) is 0. The van der Waals surface area contributed by atoms with Gasteiger partial charge in [-0.1, -0.05) is 29.4 Å². The summed E-state index contributed by atoms with van der Waals surface area (Å²) in [5.41, 5.74) is 2.83. The Morgan fingerprint density at radius 2 is 1.80 bits per heavy atom. The fourth-order valence-corrected chi connectivity index (χ4v) is 2.75. The van der Waals surface area contributed by atoms with Gasteiger partial charge in [-0.05, 0) is 64.7 Å². The molecule has 1 aliphatic heterocycles. The van der Waals surface area contributed by atoms with Gasteiger partial charge in [0.1, 0.15) is 11.6 Å². The molecule has 0 aromatic heterocycles. The van der Waals surface area contributed by atoms with Gasteiger partial charge in [0, 0.05) is 5.57 Å². The van der Waals surface area contributed by atoms with Crippen LogP contribution in [0.15, 0.2) is 53.1 Å². The number of rotatable bonds is 7. The van der Waals surface area contributed by atoms with Crippen LogP contribution in [0.2, 0.25) is 0 Å². The summed E-state index contributed by atoms with van der Waals surface area (Å²) in [6.07, 6.45) is 8.04. The molecule has 0 amide bonds. The van der Waals surface area contributed by atoms with Crippen molar-refractivity contribution in [1.82, 2.24) is 0 Å². The Hall–Kier alpha value is -2.23. The van der Waals surface area contributed by atoms with Crippen LogP contribution in [0.25, 0.3) is 0 Å². The lowest BCUT2D eigenvalue weighted by atomic mass is 10.0. The second-order valence-electron chi connectivity index (χ2n) is 6.56. The molecule has 1 aromatic carbocycles. The van der Waals surface area contributed by atoms with Crippen LogP contribution in [0.4, 0.5) is 8.78 Å². The molecule has 1 aliphatic rings. The van der Waals surface area contributed by atoms with Gasteiger partial charge in [-0.3, -0.25) is 0 Å². The molecule has 4 heteroatoms. The fraction of sp³-hybridized carbons (Fsp3) is 0.381. The van der Waals surface area contributed by atoms with Gasteiger partial charge in [-0.25, -0.2) is 13.6 Å². The van der Waals surface area contributed by atoms with E-state index in [1.165, 1.54) is 23.3 Å². The number of cyclic esters (lactones) is 1. The highest BCUT2D eigenvalue weighted by Crippen LogP contribution is 2.32. The average Bonchev–Trinajstić information content (AvgIpc) is 2.87.